The topological polar surface area (TPSA) is 125 Å². The molecule has 26 heavy (non-hydrogen) atoms. The summed E-state index contributed by atoms with van der Waals surface area (Å²) < 4.78 is 0. The number of para-hydroxylation sites is 2. The van der Waals surface area contributed by atoms with Gasteiger partial charge in [-0.3, -0.25) is 9.59 Å². The minimum atomic E-state index is -0.392. The predicted molar refractivity (Wildman–Crippen MR) is 96.2 cm³/mol. The molecule has 1 aromatic carbocycles. The Kier molecular flexibility index (Phi) is 3.96. The summed E-state index contributed by atoms with van der Waals surface area (Å²) in [5, 5.41) is 16.2. The molecule has 1 saturated carbocycles. The number of nitrogens with zero attached hydrogens (tertiary/aromatic N) is 3. The highest BCUT2D eigenvalue weighted by Gasteiger charge is 2.30. The Balaban J connectivity index is 1.66. The van der Waals surface area contributed by atoms with Crippen molar-refractivity contribution in [3.05, 3.63) is 36.0 Å². The molecule has 2 heterocycles. The molecule has 132 valence electrons. The van der Waals surface area contributed by atoms with Crippen LogP contribution in [0.2, 0.25) is 0 Å². The van der Waals surface area contributed by atoms with Crippen LogP contribution < -0.4 is 16.0 Å². The van der Waals surface area contributed by atoms with E-state index in [-0.39, 0.29) is 23.3 Å². The number of fused-ring (bicyclic) bond motifs is 1. The van der Waals surface area contributed by atoms with E-state index in [4.69, 9.17) is 0 Å². The van der Waals surface area contributed by atoms with Crippen molar-refractivity contribution in [1.82, 2.24) is 25.5 Å². The van der Waals surface area contributed by atoms with E-state index in [1.807, 2.05) is 24.3 Å². The summed E-state index contributed by atoms with van der Waals surface area (Å²) in [6, 6.07) is 9.15. The highest BCUT2D eigenvalue weighted by Crippen LogP contribution is 2.30. The zero-order chi connectivity index (χ0) is 18.1. The first-order chi connectivity index (χ1) is 12.6. The Morgan fingerprint density at radius 2 is 2.00 bits per heavy atom. The summed E-state index contributed by atoms with van der Waals surface area (Å²) in [6.07, 6.45) is 1.78. The van der Waals surface area contributed by atoms with Crippen LogP contribution in [0.3, 0.4) is 0 Å². The number of imidazole rings is 1. The van der Waals surface area contributed by atoms with E-state index in [0.29, 0.717) is 11.6 Å². The quantitative estimate of drug-likeness (QED) is 0.555. The first-order valence-electron chi connectivity index (χ1n) is 8.26. The molecule has 9 nitrogen and oxygen atoms in total. The zero-order valence-electron chi connectivity index (χ0n) is 14.0. The number of hydrogen-bond donors (Lipinski definition) is 4. The second kappa shape index (κ2) is 6.43. The smallest absolute Gasteiger partial charge is 0.273 e. The number of H-pyrrole nitrogens is 1. The molecule has 9 heteroatoms. The van der Waals surface area contributed by atoms with Crippen molar-refractivity contribution in [2.45, 2.75) is 12.8 Å². The van der Waals surface area contributed by atoms with Crippen LogP contribution in [0.15, 0.2) is 30.3 Å². The number of amides is 2. The maximum atomic E-state index is 12.1. The van der Waals surface area contributed by atoms with E-state index < -0.39 is 5.91 Å². The van der Waals surface area contributed by atoms with Crippen molar-refractivity contribution in [2.24, 2.45) is 5.92 Å². The summed E-state index contributed by atoms with van der Waals surface area (Å²) in [4.78, 5) is 31.6. The minimum absolute atomic E-state index is 0.0437. The molecule has 0 spiro atoms. The Morgan fingerprint density at radius 3 is 2.73 bits per heavy atom. The number of benzene rings is 1. The highest BCUT2D eigenvalue weighted by molar-refractivity contribution is 5.99. The maximum Gasteiger partial charge on any atom is 0.273 e. The number of carbonyl (C=O) groups is 2. The van der Waals surface area contributed by atoms with Gasteiger partial charge in [-0.1, -0.05) is 12.1 Å². The predicted octanol–water partition coefficient (Wildman–Crippen LogP) is 1.80. The molecular formula is C17H17N7O2. The second-order valence-corrected chi connectivity index (χ2v) is 6.06. The van der Waals surface area contributed by atoms with Gasteiger partial charge in [0.05, 0.1) is 16.7 Å². The van der Waals surface area contributed by atoms with E-state index in [1.54, 1.807) is 6.07 Å². The van der Waals surface area contributed by atoms with Crippen molar-refractivity contribution in [1.29, 1.82) is 0 Å². The average Bonchev–Trinajstić information content (AvgIpc) is 3.42. The molecule has 0 unspecified atom stereocenters. The lowest BCUT2D eigenvalue weighted by atomic mass is 10.3. The van der Waals surface area contributed by atoms with Gasteiger partial charge in [0.15, 0.2) is 11.5 Å². The second-order valence-electron chi connectivity index (χ2n) is 6.06. The van der Waals surface area contributed by atoms with Gasteiger partial charge in [-0.25, -0.2) is 4.98 Å². The molecule has 0 atom stereocenters. The summed E-state index contributed by atoms with van der Waals surface area (Å²) >= 11 is 0. The molecule has 2 aromatic heterocycles. The Hall–Kier alpha value is -3.49. The summed E-state index contributed by atoms with van der Waals surface area (Å²) in [6.45, 7) is 0. The SMILES string of the molecule is CNC(=O)c1nnc(NC(=O)C2CC2)cc1Nc1nc2ccccc2[nH]1. The van der Waals surface area contributed by atoms with Gasteiger partial charge in [0.2, 0.25) is 11.9 Å². The number of nitrogens with one attached hydrogen (secondary N) is 4. The lowest BCUT2D eigenvalue weighted by Gasteiger charge is -2.10. The lowest BCUT2D eigenvalue weighted by molar-refractivity contribution is -0.117. The monoisotopic (exact) mass is 351 g/mol. The normalized spacial score (nSPS) is 13.4. The van der Waals surface area contributed by atoms with Gasteiger partial charge in [0.1, 0.15) is 0 Å². The van der Waals surface area contributed by atoms with Gasteiger partial charge >= 0.3 is 0 Å². The van der Waals surface area contributed by atoms with Crippen LogP contribution in [-0.4, -0.2) is 39.0 Å². The van der Waals surface area contributed by atoms with E-state index in [1.165, 1.54) is 7.05 Å². The molecule has 1 aliphatic carbocycles. The van der Waals surface area contributed by atoms with Crippen molar-refractivity contribution in [3.8, 4) is 0 Å². The van der Waals surface area contributed by atoms with Crippen LogP contribution in [0.4, 0.5) is 17.5 Å². The Labute approximate surface area is 148 Å². The fourth-order valence-electron chi connectivity index (χ4n) is 2.55. The molecule has 0 radical (unpaired) electrons. The van der Waals surface area contributed by atoms with Gasteiger partial charge in [-0.2, -0.15) is 0 Å². The van der Waals surface area contributed by atoms with Gasteiger partial charge in [0.25, 0.3) is 5.91 Å². The van der Waals surface area contributed by atoms with Gasteiger partial charge in [-0.05, 0) is 25.0 Å². The summed E-state index contributed by atoms with van der Waals surface area (Å²) in [5.74, 6) is 0.317. The van der Waals surface area contributed by atoms with E-state index in [2.05, 4.69) is 36.1 Å². The summed E-state index contributed by atoms with van der Waals surface area (Å²) in [5.41, 5.74) is 2.16. The third kappa shape index (κ3) is 3.18. The fourth-order valence-corrected chi connectivity index (χ4v) is 2.55. The molecular weight excluding hydrogens is 334 g/mol. The fraction of sp³-hybridized carbons (Fsp3) is 0.235. The zero-order valence-corrected chi connectivity index (χ0v) is 14.0. The number of hydrogen-bond acceptors (Lipinski definition) is 6. The van der Waals surface area contributed by atoms with E-state index >= 15 is 0 Å². The third-order valence-electron chi connectivity index (χ3n) is 4.08. The van der Waals surface area contributed by atoms with Gasteiger partial charge in [-0.15, -0.1) is 10.2 Å². The van der Waals surface area contributed by atoms with Crippen LogP contribution in [0.1, 0.15) is 23.3 Å². The van der Waals surface area contributed by atoms with Crippen LogP contribution in [0.5, 0.6) is 0 Å². The number of aromatic nitrogens is 4. The Bertz CT molecular complexity index is 961. The van der Waals surface area contributed by atoms with Crippen LogP contribution in [-0.2, 0) is 4.79 Å². The van der Waals surface area contributed by atoms with Gasteiger partial charge in [0, 0.05) is 19.0 Å². The molecule has 4 N–H and O–H groups in total. The molecule has 2 amide bonds. The minimum Gasteiger partial charge on any atom is -0.354 e. The largest absolute Gasteiger partial charge is 0.354 e. The van der Waals surface area contributed by atoms with Crippen LogP contribution >= 0.6 is 0 Å². The summed E-state index contributed by atoms with van der Waals surface area (Å²) in [7, 11) is 1.51. The van der Waals surface area contributed by atoms with Gasteiger partial charge < -0.3 is 20.9 Å². The number of anilines is 3. The molecule has 3 aromatic rings. The first kappa shape index (κ1) is 16.0. The first-order valence-corrected chi connectivity index (χ1v) is 8.26. The standard InChI is InChI=1S/C17H17N7O2/c1-18-16(26)14-12(8-13(23-24-14)22-15(25)9-6-7-9)21-17-19-10-4-2-3-5-11(10)20-17/h2-5,8-9H,6-7H2,1H3,(H,18,26)(H3,19,20,21,22,23,25). The van der Waals surface area contributed by atoms with Crippen LogP contribution in [0.25, 0.3) is 11.0 Å². The van der Waals surface area contributed by atoms with Crippen molar-refractivity contribution in [2.75, 3.05) is 17.7 Å². The van der Waals surface area contributed by atoms with E-state index in [0.717, 1.165) is 23.9 Å². The highest BCUT2D eigenvalue weighted by atomic mass is 16.2. The molecule has 1 fully saturated rings. The number of carbonyl (C=O) groups excluding carboxylic acids is 2. The molecule has 0 saturated heterocycles. The molecule has 0 aliphatic heterocycles. The lowest BCUT2D eigenvalue weighted by Crippen LogP contribution is -2.22. The molecule has 1 aliphatic rings. The van der Waals surface area contributed by atoms with Crippen molar-refractivity contribution >= 4 is 40.3 Å². The number of aromatic amines is 1. The third-order valence-corrected chi connectivity index (χ3v) is 4.08. The molecule has 0 bridgehead atoms. The average molecular weight is 351 g/mol. The number of rotatable bonds is 5. The maximum absolute atomic E-state index is 12.1. The van der Waals surface area contributed by atoms with Crippen molar-refractivity contribution in [3.63, 3.8) is 0 Å². The molecule has 4 rings (SSSR count). The Morgan fingerprint density at radius 1 is 1.19 bits per heavy atom. The van der Waals surface area contributed by atoms with E-state index in [9.17, 15) is 9.59 Å². The van der Waals surface area contributed by atoms with Crippen LogP contribution in [0, 0.1) is 5.92 Å². The van der Waals surface area contributed by atoms with Crippen molar-refractivity contribution < 1.29 is 9.59 Å².